The first-order valence-corrected chi connectivity index (χ1v) is 7.13. The molecule has 1 aliphatic heterocycles. The molecular formula is C13H9F2NO3S. The first kappa shape index (κ1) is 13.0. The highest BCUT2D eigenvalue weighted by atomic mass is 32.2. The van der Waals surface area contributed by atoms with Crippen molar-refractivity contribution in [3.8, 4) is 16.9 Å². The molecule has 1 N–H and O–H groups in total. The van der Waals surface area contributed by atoms with Crippen LogP contribution in [-0.2, 0) is 16.8 Å². The Balaban J connectivity index is 2.21. The summed E-state index contributed by atoms with van der Waals surface area (Å²) in [4.78, 5) is 0. The minimum absolute atomic E-state index is 0.0638. The third-order valence-electron chi connectivity index (χ3n) is 2.95. The van der Waals surface area contributed by atoms with Gasteiger partial charge in [-0.3, -0.25) is 0 Å². The minimum Gasteiger partial charge on any atom is -0.370 e. The lowest BCUT2D eigenvalue weighted by Crippen LogP contribution is -2.32. The van der Waals surface area contributed by atoms with Crippen LogP contribution in [0.3, 0.4) is 0 Å². The molecule has 104 valence electrons. The van der Waals surface area contributed by atoms with Crippen LogP contribution in [0.15, 0.2) is 36.4 Å². The Morgan fingerprint density at radius 2 is 1.90 bits per heavy atom. The number of rotatable bonds is 1. The van der Waals surface area contributed by atoms with Gasteiger partial charge < -0.3 is 4.18 Å². The smallest absolute Gasteiger partial charge is 0.370 e. The zero-order valence-corrected chi connectivity index (χ0v) is 10.9. The van der Waals surface area contributed by atoms with Crippen molar-refractivity contribution in [1.29, 1.82) is 0 Å². The topological polar surface area (TPSA) is 55.4 Å². The van der Waals surface area contributed by atoms with Gasteiger partial charge in [0.1, 0.15) is 11.6 Å². The highest BCUT2D eigenvalue weighted by molar-refractivity contribution is 7.85. The number of benzene rings is 2. The summed E-state index contributed by atoms with van der Waals surface area (Å²) >= 11 is 0. The van der Waals surface area contributed by atoms with Crippen molar-refractivity contribution < 1.29 is 21.4 Å². The molecule has 0 unspecified atom stereocenters. The summed E-state index contributed by atoms with van der Waals surface area (Å²) in [6.45, 7) is 0.0638. The first-order valence-electron chi connectivity index (χ1n) is 5.73. The van der Waals surface area contributed by atoms with Crippen molar-refractivity contribution in [2.45, 2.75) is 6.54 Å². The quantitative estimate of drug-likeness (QED) is 0.879. The fourth-order valence-electron chi connectivity index (χ4n) is 2.05. The number of fused-ring (bicyclic) bond motifs is 1. The SMILES string of the molecule is O=S1(=O)NCc2cccc(-c3ccc(F)cc3F)c2O1. The van der Waals surface area contributed by atoms with E-state index in [1.165, 1.54) is 12.1 Å². The van der Waals surface area contributed by atoms with Gasteiger partial charge in [-0.05, 0) is 12.1 Å². The summed E-state index contributed by atoms with van der Waals surface area (Å²) in [7, 11) is -3.89. The summed E-state index contributed by atoms with van der Waals surface area (Å²) in [5.74, 6) is -1.42. The molecule has 7 heteroatoms. The maximum atomic E-state index is 13.8. The van der Waals surface area contributed by atoms with E-state index in [2.05, 4.69) is 4.72 Å². The van der Waals surface area contributed by atoms with E-state index in [0.717, 1.165) is 12.1 Å². The molecule has 2 aromatic rings. The van der Waals surface area contributed by atoms with Gasteiger partial charge in [0.25, 0.3) is 0 Å². The lowest BCUT2D eigenvalue weighted by atomic mass is 10.0. The second-order valence-electron chi connectivity index (χ2n) is 4.28. The van der Waals surface area contributed by atoms with Crippen LogP contribution in [-0.4, -0.2) is 8.42 Å². The predicted molar refractivity (Wildman–Crippen MR) is 68.2 cm³/mol. The highest BCUT2D eigenvalue weighted by Crippen LogP contribution is 2.37. The summed E-state index contributed by atoms with van der Waals surface area (Å²) in [5, 5.41) is 0. The van der Waals surface area contributed by atoms with Crippen molar-refractivity contribution in [2.75, 3.05) is 0 Å². The Kier molecular flexibility index (Phi) is 2.95. The van der Waals surface area contributed by atoms with E-state index < -0.39 is 21.9 Å². The Morgan fingerprint density at radius 1 is 1.10 bits per heavy atom. The van der Waals surface area contributed by atoms with Crippen LogP contribution in [0.2, 0.25) is 0 Å². The van der Waals surface area contributed by atoms with Gasteiger partial charge in [0.05, 0.1) is 0 Å². The third-order valence-corrected chi connectivity index (χ3v) is 3.83. The molecule has 0 fully saturated rings. The maximum Gasteiger partial charge on any atom is 0.382 e. The fraction of sp³-hybridized carbons (Fsp3) is 0.0769. The van der Waals surface area contributed by atoms with Gasteiger partial charge in [-0.1, -0.05) is 18.2 Å². The van der Waals surface area contributed by atoms with Crippen LogP contribution in [0.25, 0.3) is 11.1 Å². The van der Waals surface area contributed by atoms with E-state index >= 15 is 0 Å². The van der Waals surface area contributed by atoms with Crippen LogP contribution >= 0.6 is 0 Å². The van der Waals surface area contributed by atoms with Crippen molar-refractivity contribution in [2.24, 2.45) is 0 Å². The molecule has 4 nitrogen and oxygen atoms in total. The van der Waals surface area contributed by atoms with Crippen molar-refractivity contribution in [3.63, 3.8) is 0 Å². The van der Waals surface area contributed by atoms with Crippen LogP contribution in [0.1, 0.15) is 5.56 Å². The van der Waals surface area contributed by atoms with Gasteiger partial charge >= 0.3 is 10.3 Å². The largest absolute Gasteiger partial charge is 0.382 e. The molecule has 2 aromatic carbocycles. The van der Waals surface area contributed by atoms with Crippen LogP contribution in [0.5, 0.6) is 5.75 Å². The molecule has 0 aliphatic carbocycles. The average Bonchev–Trinajstić information content (AvgIpc) is 2.38. The summed E-state index contributed by atoms with van der Waals surface area (Å²) < 4.78 is 56.8. The lowest BCUT2D eigenvalue weighted by Gasteiger charge is -2.20. The number of para-hydroxylation sites is 1. The highest BCUT2D eigenvalue weighted by Gasteiger charge is 2.25. The Morgan fingerprint density at radius 3 is 2.65 bits per heavy atom. The third kappa shape index (κ3) is 2.25. The molecule has 0 aromatic heterocycles. The van der Waals surface area contributed by atoms with Gasteiger partial charge in [0.15, 0.2) is 5.75 Å². The summed E-state index contributed by atoms with van der Waals surface area (Å²) in [5.41, 5.74) is 0.937. The van der Waals surface area contributed by atoms with Crippen LogP contribution in [0.4, 0.5) is 8.78 Å². The minimum atomic E-state index is -3.89. The molecule has 0 bridgehead atoms. The van der Waals surface area contributed by atoms with Gasteiger partial charge in [0.2, 0.25) is 0 Å². The Hall–Kier alpha value is -1.99. The van der Waals surface area contributed by atoms with Gasteiger partial charge in [-0.15, -0.1) is 0 Å². The average molecular weight is 297 g/mol. The number of hydrogen-bond donors (Lipinski definition) is 1. The van der Waals surface area contributed by atoms with Crippen molar-refractivity contribution in [3.05, 3.63) is 53.6 Å². The number of nitrogens with one attached hydrogen (secondary N) is 1. The normalized spacial score (nSPS) is 16.3. The standard InChI is InChI=1S/C13H9F2NO3S/c14-9-4-5-10(12(15)6-9)11-3-1-2-8-7-16-20(17,18)19-13(8)11/h1-6,16H,7H2. The maximum absolute atomic E-state index is 13.8. The van der Waals surface area contributed by atoms with Gasteiger partial charge in [0, 0.05) is 29.3 Å². The molecule has 0 atom stereocenters. The van der Waals surface area contributed by atoms with E-state index in [0.29, 0.717) is 5.56 Å². The summed E-state index contributed by atoms with van der Waals surface area (Å²) in [6, 6.07) is 7.94. The second kappa shape index (κ2) is 4.53. The molecule has 0 radical (unpaired) electrons. The molecule has 1 aliphatic rings. The molecule has 0 spiro atoms. The molecule has 0 amide bonds. The monoisotopic (exact) mass is 297 g/mol. The van der Waals surface area contributed by atoms with E-state index in [4.69, 9.17) is 4.18 Å². The van der Waals surface area contributed by atoms with Crippen LogP contribution < -0.4 is 8.91 Å². The lowest BCUT2D eigenvalue weighted by molar-refractivity contribution is 0.454. The number of halogens is 2. The van der Waals surface area contributed by atoms with Gasteiger partial charge in [-0.25, -0.2) is 8.78 Å². The van der Waals surface area contributed by atoms with Crippen molar-refractivity contribution >= 4 is 10.3 Å². The second-order valence-corrected chi connectivity index (χ2v) is 5.64. The van der Waals surface area contributed by atoms with E-state index in [9.17, 15) is 17.2 Å². The molecule has 0 saturated carbocycles. The zero-order chi connectivity index (χ0) is 14.3. The number of hydrogen-bond acceptors (Lipinski definition) is 3. The van der Waals surface area contributed by atoms with E-state index in [1.807, 2.05) is 0 Å². The van der Waals surface area contributed by atoms with Gasteiger partial charge in [-0.2, -0.15) is 13.1 Å². The van der Waals surface area contributed by atoms with E-state index in [-0.39, 0.29) is 23.4 Å². The first-order chi connectivity index (χ1) is 9.46. The fourth-order valence-corrected chi connectivity index (χ4v) is 2.86. The van der Waals surface area contributed by atoms with Crippen LogP contribution in [0, 0.1) is 11.6 Å². The predicted octanol–water partition coefficient (Wildman–Crippen LogP) is 2.36. The molecule has 1 heterocycles. The molecule has 0 saturated heterocycles. The molecule has 20 heavy (non-hydrogen) atoms. The van der Waals surface area contributed by atoms with Crippen molar-refractivity contribution in [1.82, 2.24) is 4.72 Å². The molecule has 3 rings (SSSR count). The zero-order valence-electron chi connectivity index (χ0n) is 10.1. The molecular weight excluding hydrogens is 288 g/mol. The Bertz CT molecular complexity index is 790. The Labute approximate surface area is 114 Å². The van der Waals surface area contributed by atoms with E-state index in [1.54, 1.807) is 12.1 Å². The summed E-state index contributed by atoms with van der Waals surface area (Å²) in [6.07, 6.45) is 0.